The van der Waals surface area contributed by atoms with Crippen LogP contribution < -0.4 is 5.32 Å². The van der Waals surface area contributed by atoms with Gasteiger partial charge in [-0.3, -0.25) is 9.48 Å². The van der Waals surface area contributed by atoms with Crippen molar-refractivity contribution in [3.05, 3.63) is 53.5 Å². The number of hydrogen-bond donors (Lipinski definition) is 2. The number of hydrogen-bond acceptors (Lipinski definition) is 3. The lowest BCUT2D eigenvalue weighted by Gasteiger charge is -2.25. The molecule has 6 heteroatoms. The van der Waals surface area contributed by atoms with Crippen LogP contribution >= 0.6 is 0 Å². The van der Waals surface area contributed by atoms with Gasteiger partial charge in [0.25, 0.3) is 0 Å². The van der Waals surface area contributed by atoms with Crippen LogP contribution in [0.1, 0.15) is 29.3 Å². The van der Waals surface area contributed by atoms with Crippen LogP contribution in [0.5, 0.6) is 0 Å². The lowest BCUT2D eigenvalue weighted by molar-refractivity contribution is -0.127. The van der Waals surface area contributed by atoms with Gasteiger partial charge in [0.05, 0.1) is 12.2 Å². The highest BCUT2D eigenvalue weighted by Gasteiger charge is 2.39. The average Bonchev–Trinajstić information content (AvgIpc) is 3.27. The number of likely N-dealkylation sites (N-methyl/N-ethyl adjacent to an activating group) is 1. The number of aromatic nitrogens is 3. The third-order valence-electron chi connectivity index (χ3n) is 5.42. The van der Waals surface area contributed by atoms with Crippen LogP contribution in [0.3, 0.4) is 0 Å². The zero-order chi connectivity index (χ0) is 17.6. The number of aryl methyl sites for hydroxylation is 1. The van der Waals surface area contributed by atoms with Gasteiger partial charge in [0.15, 0.2) is 0 Å². The zero-order valence-corrected chi connectivity index (χ0v) is 14.8. The number of H-pyrrole nitrogens is 1. The van der Waals surface area contributed by atoms with E-state index in [9.17, 15) is 4.79 Å². The predicted octanol–water partition coefficient (Wildman–Crippen LogP) is 2.27. The number of benzene rings is 1. The number of nitrogens with zero attached hydrogens (tertiary/aromatic N) is 3. The third-order valence-corrected chi connectivity index (χ3v) is 5.42. The summed E-state index contributed by atoms with van der Waals surface area (Å²) in [6.07, 6.45) is 4.36. The maximum Gasteiger partial charge on any atom is 0.224 e. The molecule has 1 saturated heterocycles. The van der Waals surface area contributed by atoms with E-state index in [4.69, 9.17) is 0 Å². The second-order valence-electron chi connectivity index (χ2n) is 6.81. The number of nitrogens with one attached hydrogen (secondary N) is 2. The fourth-order valence-corrected chi connectivity index (χ4v) is 3.83. The van der Waals surface area contributed by atoms with E-state index in [0.29, 0.717) is 6.42 Å². The topological polar surface area (TPSA) is 66.0 Å². The molecule has 25 heavy (non-hydrogen) atoms. The first-order chi connectivity index (χ1) is 12.1. The number of likely N-dealkylation sites (tertiary alicyclic amines) is 1. The summed E-state index contributed by atoms with van der Waals surface area (Å²) in [5.74, 6) is 0.172. The van der Waals surface area contributed by atoms with Gasteiger partial charge in [0, 0.05) is 61.5 Å². The second kappa shape index (κ2) is 6.04. The molecule has 130 valence electrons. The molecule has 2 N–H and O–H groups in total. The van der Waals surface area contributed by atoms with Crippen molar-refractivity contribution >= 4 is 16.8 Å². The monoisotopic (exact) mass is 337 g/mol. The number of carbonyl (C=O) groups is 1. The van der Waals surface area contributed by atoms with E-state index in [1.54, 1.807) is 0 Å². The van der Waals surface area contributed by atoms with Crippen LogP contribution in [-0.2, 0) is 18.4 Å². The smallest absolute Gasteiger partial charge is 0.224 e. The van der Waals surface area contributed by atoms with E-state index < -0.39 is 0 Å². The molecule has 6 nitrogen and oxygen atoms in total. The summed E-state index contributed by atoms with van der Waals surface area (Å²) in [4.78, 5) is 17.4. The van der Waals surface area contributed by atoms with Gasteiger partial charge >= 0.3 is 0 Å². The quantitative estimate of drug-likeness (QED) is 0.767. The highest BCUT2D eigenvalue weighted by Crippen LogP contribution is 2.33. The first-order valence-corrected chi connectivity index (χ1v) is 8.59. The Morgan fingerprint density at radius 1 is 1.32 bits per heavy atom. The Kier molecular flexibility index (Phi) is 3.84. The van der Waals surface area contributed by atoms with Crippen LogP contribution in [0.2, 0.25) is 0 Å². The van der Waals surface area contributed by atoms with E-state index in [1.807, 2.05) is 36.1 Å². The molecule has 0 saturated carbocycles. The lowest BCUT2D eigenvalue weighted by Crippen LogP contribution is -2.35. The molecule has 2 aromatic heterocycles. The molecule has 4 rings (SSSR count). The number of aromatic amines is 1. The molecular weight excluding hydrogens is 314 g/mol. The number of fused-ring (bicyclic) bond motifs is 1. The van der Waals surface area contributed by atoms with Gasteiger partial charge in [-0.25, -0.2) is 0 Å². The molecule has 0 spiro atoms. The van der Waals surface area contributed by atoms with Crippen LogP contribution in [0.25, 0.3) is 10.9 Å². The van der Waals surface area contributed by atoms with Crippen molar-refractivity contribution in [2.24, 2.45) is 7.05 Å². The minimum atomic E-state index is 0.0200. The van der Waals surface area contributed by atoms with Crippen LogP contribution in [0, 0.1) is 6.92 Å². The van der Waals surface area contributed by atoms with Gasteiger partial charge in [-0.2, -0.15) is 5.10 Å². The van der Waals surface area contributed by atoms with Crippen LogP contribution in [0.4, 0.5) is 0 Å². The van der Waals surface area contributed by atoms with E-state index >= 15 is 0 Å². The summed E-state index contributed by atoms with van der Waals surface area (Å²) in [5.41, 5.74) is 4.60. The van der Waals surface area contributed by atoms with Gasteiger partial charge in [-0.1, -0.05) is 12.1 Å². The molecule has 0 bridgehead atoms. The maximum atomic E-state index is 12.3. The van der Waals surface area contributed by atoms with Gasteiger partial charge in [0.2, 0.25) is 5.91 Å². The van der Waals surface area contributed by atoms with Crippen molar-refractivity contribution in [1.29, 1.82) is 0 Å². The van der Waals surface area contributed by atoms with E-state index in [-0.39, 0.29) is 18.0 Å². The molecule has 1 aromatic carbocycles. The Balaban J connectivity index is 1.59. The summed E-state index contributed by atoms with van der Waals surface area (Å²) in [6.45, 7) is 2.79. The van der Waals surface area contributed by atoms with E-state index in [2.05, 4.69) is 46.6 Å². The Hall–Kier alpha value is -2.60. The van der Waals surface area contributed by atoms with Gasteiger partial charge in [-0.15, -0.1) is 0 Å². The minimum absolute atomic E-state index is 0.0200. The molecular formula is C19H23N5O. The van der Waals surface area contributed by atoms with Crippen molar-refractivity contribution in [3.8, 4) is 0 Å². The zero-order valence-electron chi connectivity index (χ0n) is 14.8. The van der Waals surface area contributed by atoms with Crippen LogP contribution in [0.15, 0.2) is 36.7 Å². The van der Waals surface area contributed by atoms with E-state index in [1.165, 1.54) is 10.9 Å². The summed E-state index contributed by atoms with van der Waals surface area (Å²) >= 11 is 0. The average molecular weight is 337 g/mol. The fourth-order valence-electron chi connectivity index (χ4n) is 3.83. The fraction of sp³-hybridized carbons (Fsp3) is 0.368. The highest BCUT2D eigenvalue weighted by atomic mass is 16.2. The molecule has 1 aliphatic heterocycles. The molecule has 3 aromatic rings. The Labute approximate surface area is 146 Å². The highest BCUT2D eigenvalue weighted by molar-refractivity contribution is 5.83. The first kappa shape index (κ1) is 15.9. The van der Waals surface area contributed by atoms with Crippen molar-refractivity contribution in [2.45, 2.75) is 32.0 Å². The number of rotatable bonds is 4. The Bertz CT molecular complexity index is 925. The summed E-state index contributed by atoms with van der Waals surface area (Å²) in [6, 6.07) is 8.47. The summed E-state index contributed by atoms with van der Waals surface area (Å²) in [5, 5.41) is 9.19. The Morgan fingerprint density at radius 2 is 2.16 bits per heavy atom. The van der Waals surface area contributed by atoms with Crippen molar-refractivity contribution in [1.82, 2.24) is 25.0 Å². The van der Waals surface area contributed by atoms with Crippen molar-refractivity contribution < 1.29 is 4.79 Å². The molecule has 0 radical (unpaired) electrons. The Morgan fingerprint density at radius 3 is 2.92 bits per heavy atom. The molecule has 0 unspecified atom stereocenters. The normalized spacial score (nSPS) is 20.8. The predicted molar refractivity (Wildman–Crippen MR) is 97.0 cm³/mol. The third kappa shape index (κ3) is 2.62. The first-order valence-electron chi connectivity index (χ1n) is 8.59. The molecule has 1 amide bonds. The van der Waals surface area contributed by atoms with Crippen LogP contribution in [-0.4, -0.2) is 38.7 Å². The molecule has 0 aliphatic carbocycles. The van der Waals surface area contributed by atoms with Crippen molar-refractivity contribution in [3.63, 3.8) is 0 Å². The van der Waals surface area contributed by atoms with Gasteiger partial charge in [0.1, 0.15) is 0 Å². The van der Waals surface area contributed by atoms with E-state index in [0.717, 1.165) is 23.3 Å². The lowest BCUT2D eigenvalue weighted by atomic mass is 10.0. The summed E-state index contributed by atoms with van der Waals surface area (Å²) < 4.78 is 1.86. The number of amides is 1. The SMILES string of the molecule is Cc1c([C@H]2[C@H](NCc3cccc4[nH]ccc34)CC(=O)N2C)cnn1C. The molecule has 3 heterocycles. The maximum absolute atomic E-state index is 12.3. The molecule has 1 fully saturated rings. The largest absolute Gasteiger partial charge is 0.361 e. The molecule has 2 atom stereocenters. The second-order valence-corrected chi connectivity index (χ2v) is 6.81. The van der Waals surface area contributed by atoms with Gasteiger partial charge < -0.3 is 15.2 Å². The summed E-state index contributed by atoms with van der Waals surface area (Å²) in [7, 11) is 3.82. The number of carbonyl (C=O) groups excluding carboxylic acids is 1. The standard InChI is InChI=1S/C19H23N5O/c1-12-15(11-22-24(12)3)19-17(9-18(25)23(19)2)21-10-13-5-4-6-16-14(13)7-8-20-16/h4-8,11,17,19-21H,9-10H2,1-3H3/t17-,19+/m1/s1. The van der Waals surface area contributed by atoms with Gasteiger partial charge in [-0.05, 0) is 24.6 Å². The molecule has 1 aliphatic rings. The van der Waals surface area contributed by atoms with Crippen molar-refractivity contribution in [2.75, 3.05) is 7.05 Å². The minimum Gasteiger partial charge on any atom is -0.361 e.